The topological polar surface area (TPSA) is 59.9 Å². The van der Waals surface area contributed by atoms with E-state index in [2.05, 4.69) is 24.4 Å². The average molecular weight is 361 g/mol. The smallest absolute Gasteiger partial charge is 0.271 e. The van der Waals surface area contributed by atoms with Gasteiger partial charge in [-0.1, -0.05) is 25.4 Å². The van der Waals surface area contributed by atoms with Crippen molar-refractivity contribution in [2.45, 2.75) is 13.8 Å². The molecule has 0 bridgehead atoms. The Balaban J connectivity index is 2.00. The van der Waals surface area contributed by atoms with E-state index >= 15 is 0 Å². The van der Waals surface area contributed by atoms with Crippen molar-refractivity contribution >= 4 is 23.7 Å². The zero-order valence-corrected chi connectivity index (χ0v) is 15.2. The summed E-state index contributed by atoms with van der Waals surface area (Å²) in [5, 5.41) is 4.54. The van der Waals surface area contributed by atoms with Crippen LogP contribution in [0.15, 0.2) is 47.6 Å². The molecule has 0 aromatic heterocycles. The highest BCUT2D eigenvalue weighted by atomic mass is 35.5. The molecule has 0 aliphatic carbocycles. The molecular weight excluding hydrogens is 340 g/mol. The molecule has 0 radical (unpaired) electrons. The fourth-order valence-electron chi connectivity index (χ4n) is 1.97. The second-order valence-electron chi connectivity index (χ2n) is 5.82. The van der Waals surface area contributed by atoms with Gasteiger partial charge < -0.3 is 9.47 Å². The summed E-state index contributed by atoms with van der Waals surface area (Å²) in [4.78, 5) is 12.0. The van der Waals surface area contributed by atoms with Crippen LogP contribution in [-0.4, -0.2) is 25.8 Å². The molecule has 5 nitrogen and oxygen atoms in total. The summed E-state index contributed by atoms with van der Waals surface area (Å²) >= 11 is 5.80. The fourth-order valence-corrected chi connectivity index (χ4v) is 2.10. The standard InChI is InChI=1S/C19H21ClN2O3/c1-13(2)12-25-17-9-4-14(10-18(17)24-3)11-21-22-19(23)15-5-7-16(20)8-6-15/h4-11,13H,12H2,1-3H3,(H,22,23)/b21-11-. The Morgan fingerprint density at radius 2 is 1.92 bits per heavy atom. The number of methoxy groups -OCH3 is 1. The van der Waals surface area contributed by atoms with Crippen molar-refractivity contribution in [2.75, 3.05) is 13.7 Å². The van der Waals surface area contributed by atoms with Gasteiger partial charge in [-0.25, -0.2) is 5.43 Å². The summed E-state index contributed by atoms with van der Waals surface area (Å²) in [7, 11) is 1.58. The van der Waals surface area contributed by atoms with Gasteiger partial charge in [-0.15, -0.1) is 0 Å². The number of hydrazone groups is 1. The number of hydrogen-bond acceptors (Lipinski definition) is 4. The Morgan fingerprint density at radius 3 is 2.56 bits per heavy atom. The van der Waals surface area contributed by atoms with E-state index in [9.17, 15) is 4.79 Å². The SMILES string of the molecule is COc1cc(/C=N\NC(=O)c2ccc(Cl)cc2)ccc1OCC(C)C. The quantitative estimate of drug-likeness (QED) is 0.596. The molecule has 25 heavy (non-hydrogen) atoms. The fraction of sp³-hybridized carbons (Fsp3) is 0.263. The van der Waals surface area contributed by atoms with Crippen LogP contribution in [0, 0.1) is 5.92 Å². The van der Waals surface area contributed by atoms with Crippen molar-refractivity contribution < 1.29 is 14.3 Å². The van der Waals surface area contributed by atoms with Gasteiger partial charge in [0.05, 0.1) is 19.9 Å². The van der Waals surface area contributed by atoms with E-state index in [1.54, 1.807) is 43.7 Å². The van der Waals surface area contributed by atoms with E-state index in [4.69, 9.17) is 21.1 Å². The molecule has 1 N–H and O–H groups in total. The first-order chi connectivity index (χ1) is 12.0. The maximum absolute atomic E-state index is 12.0. The lowest BCUT2D eigenvalue weighted by atomic mass is 10.2. The molecule has 0 saturated carbocycles. The second-order valence-corrected chi connectivity index (χ2v) is 6.26. The Hall–Kier alpha value is -2.53. The molecule has 132 valence electrons. The molecule has 6 heteroatoms. The molecule has 0 aliphatic heterocycles. The summed E-state index contributed by atoms with van der Waals surface area (Å²) in [6, 6.07) is 12.0. The second kappa shape index (κ2) is 9.08. The lowest BCUT2D eigenvalue weighted by molar-refractivity contribution is 0.0955. The summed E-state index contributed by atoms with van der Waals surface area (Å²) in [5.41, 5.74) is 3.74. The predicted octanol–water partition coefficient (Wildman–Crippen LogP) is 4.15. The van der Waals surface area contributed by atoms with Crippen LogP contribution < -0.4 is 14.9 Å². The van der Waals surface area contributed by atoms with Crippen molar-refractivity contribution in [3.63, 3.8) is 0 Å². The summed E-state index contributed by atoms with van der Waals surface area (Å²) in [6.45, 7) is 4.77. The number of nitrogens with zero attached hydrogens (tertiary/aromatic N) is 1. The number of hydrogen-bond donors (Lipinski definition) is 1. The Labute approximate surface area is 152 Å². The van der Waals surface area contributed by atoms with Crippen molar-refractivity contribution in [1.29, 1.82) is 0 Å². The third kappa shape index (κ3) is 5.80. The number of amides is 1. The Bertz CT molecular complexity index is 743. The molecular formula is C19H21ClN2O3. The molecule has 0 saturated heterocycles. The van der Waals surface area contributed by atoms with Crippen LogP contribution in [0.5, 0.6) is 11.5 Å². The largest absolute Gasteiger partial charge is 0.493 e. The highest BCUT2D eigenvalue weighted by Crippen LogP contribution is 2.27. The zero-order valence-electron chi connectivity index (χ0n) is 14.5. The third-order valence-corrected chi connectivity index (χ3v) is 3.50. The van der Waals surface area contributed by atoms with E-state index in [0.717, 1.165) is 5.56 Å². The van der Waals surface area contributed by atoms with Gasteiger partial charge >= 0.3 is 0 Å². The van der Waals surface area contributed by atoms with Crippen LogP contribution in [0.2, 0.25) is 5.02 Å². The minimum Gasteiger partial charge on any atom is -0.493 e. The van der Waals surface area contributed by atoms with Gasteiger partial charge in [0.25, 0.3) is 5.91 Å². The van der Waals surface area contributed by atoms with E-state index < -0.39 is 0 Å². The molecule has 0 unspecified atom stereocenters. The maximum Gasteiger partial charge on any atom is 0.271 e. The zero-order chi connectivity index (χ0) is 18.2. The first kappa shape index (κ1) is 18.8. The number of rotatable bonds is 7. The van der Waals surface area contributed by atoms with E-state index in [1.165, 1.54) is 0 Å². The molecule has 0 spiro atoms. The normalized spacial score (nSPS) is 10.9. The first-order valence-corrected chi connectivity index (χ1v) is 8.27. The molecule has 2 aromatic rings. The van der Waals surface area contributed by atoms with Crippen molar-refractivity contribution in [3.05, 3.63) is 58.6 Å². The number of nitrogens with one attached hydrogen (secondary N) is 1. The minimum absolute atomic E-state index is 0.309. The minimum atomic E-state index is -0.309. The average Bonchev–Trinajstić information content (AvgIpc) is 2.60. The van der Waals surface area contributed by atoms with Gasteiger partial charge in [0.15, 0.2) is 11.5 Å². The van der Waals surface area contributed by atoms with Crippen LogP contribution in [-0.2, 0) is 0 Å². The van der Waals surface area contributed by atoms with Crippen molar-refractivity contribution in [2.24, 2.45) is 11.0 Å². The van der Waals surface area contributed by atoms with Crippen LogP contribution in [0.1, 0.15) is 29.8 Å². The predicted molar refractivity (Wildman–Crippen MR) is 99.8 cm³/mol. The van der Waals surface area contributed by atoms with E-state index in [1.807, 2.05) is 12.1 Å². The monoisotopic (exact) mass is 360 g/mol. The molecule has 2 aromatic carbocycles. The number of benzene rings is 2. The van der Waals surface area contributed by atoms with Crippen LogP contribution in [0.3, 0.4) is 0 Å². The Kier molecular flexibility index (Phi) is 6.83. The maximum atomic E-state index is 12.0. The lowest BCUT2D eigenvalue weighted by Crippen LogP contribution is -2.17. The molecule has 0 heterocycles. The van der Waals surface area contributed by atoms with Crippen LogP contribution in [0.25, 0.3) is 0 Å². The number of halogens is 1. The van der Waals surface area contributed by atoms with Gasteiger partial charge in [0, 0.05) is 10.6 Å². The van der Waals surface area contributed by atoms with Crippen molar-refractivity contribution in [1.82, 2.24) is 5.43 Å². The summed E-state index contributed by atoms with van der Waals surface area (Å²) < 4.78 is 11.0. The van der Waals surface area contributed by atoms with E-state index in [0.29, 0.717) is 34.6 Å². The summed E-state index contributed by atoms with van der Waals surface area (Å²) in [5.74, 6) is 1.41. The molecule has 0 atom stereocenters. The third-order valence-electron chi connectivity index (χ3n) is 3.25. The number of carbonyl (C=O) groups excluding carboxylic acids is 1. The molecule has 0 aliphatic rings. The number of carbonyl (C=O) groups is 1. The van der Waals surface area contributed by atoms with Crippen LogP contribution in [0.4, 0.5) is 0 Å². The molecule has 1 amide bonds. The van der Waals surface area contributed by atoms with Gasteiger partial charge in [0.1, 0.15) is 0 Å². The van der Waals surface area contributed by atoms with Crippen molar-refractivity contribution in [3.8, 4) is 11.5 Å². The molecule has 0 fully saturated rings. The van der Waals surface area contributed by atoms with Gasteiger partial charge in [0.2, 0.25) is 0 Å². The van der Waals surface area contributed by atoms with Gasteiger partial charge in [-0.3, -0.25) is 4.79 Å². The molecule has 2 rings (SSSR count). The van der Waals surface area contributed by atoms with Gasteiger partial charge in [-0.2, -0.15) is 5.10 Å². The Morgan fingerprint density at radius 1 is 1.20 bits per heavy atom. The van der Waals surface area contributed by atoms with Crippen LogP contribution >= 0.6 is 11.6 Å². The first-order valence-electron chi connectivity index (χ1n) is 7.89. The highest BCUT2D eigenvalue weighted by Gasteiger charge is 2.07. The highest BCUT2D eigenvalue weighted by molar-refractivity contribution is 6.30. The lowest BCUT2D eigenvalue weighted by Gasteiger charge is -2.12. The number of ether oxygens (including phenoxy) is 2. The van der Waals surface area contributed by atoms with E-state index in [-0.39, 0.29) is 5.91 Å². The van der Waals surface area contributed by atoms with Gasteiger partial charge in [-0.05, 0) is 53.9 Å². The summed E-state index contributed by atoms with van der Waals surface area (Å²) in [6.07, 6.45) is 1.54.